The molecule has 3 nitrogen and oxygen atoms in total. The van der Waals surface area contributed by atoms with Crippen LogP contribution < -0.4 is 4.74 Å². The van der Waals surface area contributed by atoms with Crippen LogP contribution in [-0.2, 0) is 0 Å². The zero-order valence-corrected chi connectivity index (χ0v) is 8.97. The van der Waals surface area contributed by atoms with E-state index in [9.17, 15) is 9.50 Å². The third kappa shape index (κ3) is 1.97. The number of nitrogens with zero attached hydrogens (tertiary/aromatic N) is 1. The first-order valence-corrected chi connectivity index (χ1v) is 4.55. The van der Waals surface area contributed by atoms with Gasteiger partial charge in [0.15, 0.2) is 11.6 Å². The van der Waals surface area contributed by atoms with E-state index in [4.69, 9.17) is 21.6 Å². The van der Waals surface area contributed by atoms with Crippen LogP contribution in [0.5, 0.6) is 11.5 Å². The molecule has 0 fully saturated rings. The van der Waals surface area contributed by atoms with Gasteiger partial charge in [-0.25, -0.2) is 4.39 Å². The molecule has 5 heteroatoms. The second-order valence-corrected chi connectivity index (χ2v) is 3.37. The van der Waals surface area contributed by atoms with E-state index in [1.807, 2.05) is 6.07 Å². The summed E-state index contributed by atoms with van der Waals surface area (Å²) in [5.41, 5.74) is 0.320. The SMILES string of the molecule is COc1c(C(C)C#N)cc(F)c(O)c1Cl. The van der Waals surface area contributed by atoms with Gasteiger partial charge in [-0.2, -0.15) is 5.26 Å². The Kier molecular flexibility index (Phi) is 3.38. The first kappa shape index (κ1) is 11.6. The molecule has 1 aromatic carbocycles. The van der Waals surface area contributed by atoms with E-state index in [0.717, 1.165) is 6.07 Å². The quantitative estimate of drug-likeness (QED) is 0.849. The lowest BCUT2D eigenvalue weighted by molar-refractivity contribution is 0.392. The van der Waals surface area contributed by atoms with Gasteiger partial charge in [0.05, 0.1) is 19.1 Å². The van der Waals surface area contributed by atoms with E-state index in [1.54, 1.807) is 6.92 Å². The summed E-state index contributed by atoms with van der Waals surface area (Å²) in [6, 6.07) is 2.99. The molecular formula is C10H9ClFNO2. The van der Waals surface area contributed by atoms with Gasteiger partial charge in [-0.3, -0.25) is 0 Å². The van der Waals surface area contributed by atoms with Crippen LogP contribution in [0.3, 0.4) is 0 Å². The predicted octanol–water partition coefficient (Wildman–Crippen LogP) is 2.82. The third-order valence-corrected chi connectivity index (χ3v) is 2.39. The van der Waals surface area contributed by atoms with Gasteiger partial charge in [-0.05, 0) is 13.0 Å². The molecule has 0 aromatic heterocycles. The van der Waals surface area contributed by atoms with Crippen molar-refractivity contribution in [2.45, 2.75) is 12.8 Å². The highest BCUT2D eigenvalue weighted by molar-refractivity contribution is 6.33. The molecular weight excluding hydrogens is 221 g/mol. The number of benzene rings is 1. The van der Waals surface area contributed by atoms with Gasteiger partial charge in [-0.15, -0.1) is 0 Å². The standard InChI is InChI=1S/C10H9ClFNO2/c1-5(4-13)6-3-7(12)9(14)8(11)10(6)15-2/h3,5,14H,1-2H3. The highest BCUT2D eigenvalue weighted by atomic mass is 35.5. The molecule has 0 bridgehead atoms. The summed E-state index contributed by atoms with van der Waals surface area (Å²) in [6.07, 6.45) is 0. The molecule has 15 heavy (non-hydrogen) atoms. The van der Waals surface area contributed by atoms with E-state index in [2.05, 4.69) is 0 Å². The maximum absolute atomic E-state index is 13.2. The molecule has 0 aliphatic carbocycles. The molecule has 80 valence electrons. The van der Waals surface area contributed by atoms with E-state index in [1.165, 1.54) is 7.11 Å². The van der Waals surface area contributed by atoms with Crippen molar-refractivity contribution >= 4 is 11.6 Å². The number of methoxy groups -OCH3 is 1. The average Bonchev–Trinajstić information content (AvgIpc) is 2.24. The fourth-order valence-electron chi connectivity index (χ4n) is 1.21. The Morgan fingerprint density at radius 1 is 1.67 bits per heavy atom. The molecule has 1 aromatic rings. The van der Waals surface area contributed by atoms with Crippen molar-refractivity contribution < 1.29 is 14.2 Å². The summed E-state index contributed by atoms with van der Waals surface area (Å²) in [5, 5.41) is 17.7. The van der Waals surface area contributed by atoms with E-state index in [0.29, 0.717) is 5.56 Å². The van der Waals surface area contributed by atoms with Crippen LogP contribution >= 0.6 is 11.6 Å². The minimum absolute atomic E-state index is 0.129. The van der Waals surface area contributed by atoms with Crippen LogP contribution in [0, 0.1) is 17.1 Å². The van der Waals surface area contributed by atoms with Crippen molar-refractivity contribution in [2.24, 2.45) is 0 Å². The highest BCUT2D eigenvalue weighted by Crippen LogP contribution is 2.41. The van der Waals surface area contributed by atoms with Crippen LogP contribution in [0.1, 0.15) is 18.4 Å². The fourth-order valence-corrected chi connectivity index (χ4v) is 1.48. The van der Waals surface area contributed by atoms with Gasteiger partial charge in [-0.1, -0.05) is 11.6 Å². The Morgan fingerprint density at radius 3 is 2.73 bits per heavy atom. The summed E-state index contributed by atoms with van der Waals surface area (Å²) in [7, 11) is 1.34. The molecule has 0 saturated carbocycles. The number of hydrogen-bond acceptors (Lipinski definition) is 3. The Balaban J connectivity index is 3.46. The molecule has 0 saturated heterocycles. The molecule has 0 aliphatic rings. The van der Waals surface area contributed by atoms with Crippen LogP contribution in [-0.4, -0.2) is 12.2 Å². The van der Waals surface area contributed by atoms with Gasteiger partial charge in [0.1, 0.15) is 10.8 Å². The Bertz CT molecular complexity index is 428. The number of hydrogen-bond donors (Lipinski definition) is 1. The predicted molar refractivity (Wildman–Crippen MR) is 53.7 cm³/mol. The van der Waals surface area contributed by atoms with Crippen molar-refractivity contribution in [3.05, 3.63) is 22.5 Å². The van der Waals surface area contributed by atoms with Gasteiger partial charge in [0.25, 0.3) is 0 Å². The number of halogens is 2. The second-order valence-electron chi connectivity index (χ2n) is 2.99. The van der Waals surface area contributed by atoms with Crippen LogP contribution in [0.4, 0.5) is 4.39 Å². The fraction of sp³-hybridized carbons (Fsp3) is 0.300. The number of ether oxygens (including phenoxy) is 1. The monoisotopic (exact) mass is 229 g/mol. The van der Waals surface area contributed by atoms with E-state index < -0.39 is 17.5 Å². The van der Waals surface area contributed by atoms with Crippen molar-refractivity contribution in [3.63, 3.8) is 0 Å². The van der Waals surface area contributed by atoms with Crippen molar-refractivity contribution in [2.75, 3.05) is 7.11 Å². The summed E-state index contributed by atoms with van der Waals surface area (Å²) in [4.78, 5) is 0. The first-order valence-electron chi connectivity index (χ1n) is 4.17. The average molecular weight is 230 g/mol. The van der Waals surface area contributed by atoms with Crippen LogP contribution in [0.25, 0.3) is 0 Å². The summed E-state index contributed by atoms with van der Waals surface area (Å²) in [5.74, 6) is -1.96. The van der Waals surface area contributed by atoms with Gasteiger partial charge in [0.2, 0.25) is 0 Å². The molecule has 1 unspecified atom stereocenters. The van der Waals surface area contributed by atoms with Crippen LogP contribution in [0.15, 0.2) is 6.07 Å². The van der Waals surface area contributed by atoms with E-state index >= 15 is 0 Å². The molecule has 0 aliphatic heterocycles. The minimum atomic E-state index is -0.863. The summed E-state index contributed by atoms with van der Waals surface area (Å²) >= 11 is 5.68. The molecule has 0 amide bonds. The molecule has 0 radical (unpaired) electrons. The van der Waals surface area contributed by atoms with Crippen molar-refractivity contribution in [1.29, 1.82) is 5.26 Å². The number of rotatable bonds is 2. The Morgan fingerprint density at radius 2 is 2.27 bits per heavy atom. The smallest absolute Gasteiger partial charge is 0.174 e. The van der Waals surface area contributed by atoms with Gasteiger partial charge in [0, 0.05) is 5.56 Å². The topological polar surface area (TPSA) is 53.2 Å². The summed E-state index contributed by atoms with van der Waals surface area (Å²) in [6.45, 7) is 1.59. The van der Waals surface area contributed by atoms with Crippen molar-refractivity contribution in [1.82, 2.24) is 0 Å². The molecule has 1 atom stereocenters. The van der Waals surface area contributed by atoms with Gasteiger partial charge < -0.3 is 9.84 Å². The Labute approximate surface area is 91.7 Å². The lowest BCUT2D eigenvalue weighted by atomic mass is 10.0. The first-order chi connectivity index (χ1) is 7.02. The minimum Gasteiger partial charge on any atom is -0.504 e. The third-order valence-electron chi connectivity index (χ3n) is 2.04. The highest BCUT2D eigenvalue weighted by Gasteiger charge is 2.20. The Hall–Kier alpha value is -1.47. The summed E-state index contributed by atoms with van der Waals surface area (Å²) < 4.78 is 18.1. The number of phenols is 1. The normalized spacial score (nSPS) is 11.9. The number of phenolic OH excluding ortho intramolecular Hbond substituents is 1. The molecule has 1 rings (SSSR count). The molecule has 0 heterocycles. The lowest BCUT2D eigenvalue weighted by Gasteiger charge is -2.13. The zero-order valence-electron chi connectivity index (χ0n) is 8.21. The van der Waals surface area contributed by atoms with Gasteiger partial charge >= 0.3 is 0 Å². The zero-order chi connectivity index (χ0) is 11.6. The number of aromatic hydroxyl groups is 1. The lowest BCUT2D eigenvalue weighted by Crippen LogP contribution is -1.98. The van der Waals surface area contributed by atoms with Crippen LogP contribution in [0.2, 0.25) is 5.02 Å². The van der Waals surface area contributed by atoms with E-state index in [-0.39, 0.29) is 10.8 Å². The largest absolute Gasteiger partial charge is 0.504 e. The number of nitriles is 1. The second kappa shape index (κ2) is 4.37. The molecule has 0 spiro atoms. The molecule has 1 N–H and O–H groups in total. The maximum Gasteiger partial charge on any atom is 0.174 e. The maximum atomic E-state index is 13.2. The van der Waals surface area contributed by atoms with Crippen molar-refractivity contribution in [3.8, 4) is 17.6 Å².